The molecule has 2 aromatic heterocycles. The first-order chi connectivity index (χ1) is 41.0. The Labute approximate surface area is 488 Å². The van der Waals surface area contributed by atoms with E-state index in [2.05, 4.69) is 73.7 Å². The van der Waals surface area contributed by atoms with Crippen molar-refractivity contribution in [1.82, 2.24) is 39.5 Å². The number of piperazine rings is 1. The molecule has 10 rings (SSSR count). The van der Waals surface area contributed by atoms with E-state index in [1.54, 1.807) is 18.2 Å². The molecule has 84 heavy (non-hydrogen) atoms. The second kappa shape index (κ2) is 28.3. The van der Waals surface area contributed by atoms with Crippen molar-refractivity contribution in [3.8, 4) is 34.2 Å². The number of carbonyl (C=O) groups is 6. The second-order valence-corrected chi connectivity index (χ2v) is 21.5. The van der Waals surface area contributed by atoms with Gasteiger partial charge in [-0.1, -0.05) is 90.7 Å². The van der Waals surface area contributed by atoms with E-state index in [-0.39, 0.29) is 61.0 Å². The maximum atomic E-state index is 13.3. The van der Waals surface area contributed by atoms with Gasteiger partial charge < -0.3 is 44.0 Å². The lowest BCUT2D eigenvalue weighted by molar-refractivity contribution is -0.136. The van der Waals surface area contributed by atoms with Crippen LogP contribution in [0, 0.1) is 17.3 Å². The monoisotopic (exact) mass is 1140 g/mol. The van der Waals surface area contributed by atoms with Crippen LogP contribution in [0.3, 0.4) is 0 Å². The summed E-state index contributed by atoms with van der Waals surface area (Å²) in [5, 5.41) is 29.0. The normalized spacial score (nSPS) is 18.1. The summed E-state index contributed by atoms with van der Waals surface area (Å²) < 4.78 is 21.0. The summed E-state index contributed by atoms with van der Waals surface area (Å²) in [6.07, 6.45) is 5.77. The third-order valence-electron chi connectivity index (χ3n) is 15.9. The molecule has 3 fully saturated rings. The lowest BCUT2D eigenvalue weighted by atomic mass is 9.93. The summed E-state index contributed by atoms with van der Waals surface area (Å²) in [6.45, 7) is 6.33. The summed E-state index contributed by atoms with van der Waals surface area (Å²) in [5.41, 5.74) is 8.02. The standard InChI is InChI=1S/C64H72N10O10/c65-60-58-56(46-14-3-1-4-15-46)59(47-16-5-2-6-17-47)72(61(58)68-43-73(60)48-21-23-49(75)24-22-48)42-45-12-7-11-44(41-45)13-10-30-70-31-33-71(34-32-70)55(78)20-9-28-67-53(76)27-35-82-37-39-84-40-38-83-36-29-66-51-19-8-18-50-57(51)64(81)74(63(50)80)52-25-26-54(77)69-62(52)79/h1-8,11-12,14-19,41,43,48-49,52,65-66,75H,9,20-40,42H2,(H,67,76)(H,69,77,79). The van der Waals surface area contributed by atoms with E-state index >= 15 is 0 Å². The van der Waals surface area contributed by atoms with Crippen LogP contribution in [0.4, 0.5) is 5.69 Å². The number of hydrogen-bond donors (Lipinski definition) is 5. The molecule has 2 saturated heterocycles. The van der Waals surface area contributed by atoms with Gasteiger partial charge in [0.1, 0.15) is 17.2 Å². The summed E-state index contributed by atoms with van der Waals surface area (Å²) in [7, 11) is 0. The second-order valence-electron chi connectivity index (χ2n) is 21.5. The number of nitrogens with one attached hydrogen (secondary N) is 4. The molecule has 0 bridgehead atoms. The molecule has 5 heterocycles. The van der Waals surface area contributed by atoms with Crippen LogP contribution >= 0.6 is 0 Å². The molecule has 438 valence electrons. The van der Waals surface area contributed by atoms with E-state index in [1.807, 2.05) is 64.3 Å². The average Bonchev–Trinajstić information content (AvgIpc) is 3.16. The van der Waals surface area contributed by atoms with Gasteiger partial charge in [0.05, 0.1) is 80.8 Å². The molecular weight excluding hydrogens is 1070 g/mol. The molecule has 1 saturated carbocycles. The molecule has 0 radical (unpaired) electrons. The third-order valence-corrected chi connectivity index (χ3v) is 15.9. The fourth-order valence-corrected chi connectivity index (χ4v) is 11.5. The Bertz CT molecular complexity index is 3470. The number of nitrogens with zero attached hydrogens (tertiary/aromatic N) is 6. The first kappa shape index (κ1) is 58.9. The van der Waals surface area contributed by atoms with E-state index < -0.39 is 29.7 Å². The number of rotatable bonds is 24. The van der Waals surface area contributed by atoms with Crippen LogP contribution in [-0.4, -0.2) is 167 Å². The Kier molecular flexibility index (Phi) is 19.8. The molecule has 5 N–H and O–H groups in total. The largest absolute Gasteiger partial charge is 0.393 e. The van der Waals surface area contributed by atoms with Gasteiger partial charge in [-0.25, -0.2) is 4.98 Å². The highest BCUT2D eigenvalue weighted by atomic mass is 16.5. The molecule has 1 atom stereocenters. The molecule has 4 aromatic carbocycles. The van der Waals surface area contributed by atoms with Crippen LogP contribution in [0.1, 0.15) is 95.7 Å². The summed E-state index contributed by atoms with van der Waals surface area (Å²) in [6, 6.07) is 32.9. The van der Waals surface area contributed by atoms with Crippen molar-refractivity contribution in [2.45, 2.75) is 82.5 Å². The number of aromatic nitrogens is 3. The van der Waals surface area contributed by atoms with Gasteiger partial charge in [0, 0.05) is 87.9 Å². The molecule has 20 heteroatoms. The molecule has 20 nitrogen and oxygen atoms in total. The molecule has 6 aromatic rings. The SMILES string of the molecule is N=c1c2c(-c3ccccc3)c(-c3ccccc3)n(Cc3cccc(C#CCN4CCN(C(=O)CCCNC(=O)CCOCCOCCOCCNc5cccc6c5C(=O)N(C5CCC(=O)NC5=O)C6=O)CC4)c3)c2ncn1C1CCC(O)CC1. The van der Waals surface area contributed by atoms with Gasteiger partial charge in [0.25, 0.3) is 11.8 Å². The molecule has 6 amide bonds. The van der Waals surface area contributed by atoms with E-state index in [0.717, 1.165) is 75.4 Å². The third kappa shape index (κ3) is 14.2. The number of piperidine rings is 1. The summed E-state index contributed by atoms with van der Waals surface area (Å²) in [4.78, 5) is 86.0. The van der Waals surface area contributed by atoms with Crippen LogP contribution in [-0.2, 0) is 39.9 Å². The smallest absolute Gasteiger partial charge is 0.264 e. The predicted molar refractivity (Wildman–Crippen MR) is 314 cm³/mol. The van der Waals surface area contributed by atoms with Gasteiger partial charge in [-0.3, -0.25) is 49.3 Å². The Hall–Kier alpha value is -8.32. The van der Waals surface area contributed by atoms with E-state index in [9.17, 15) is 39.3 Å². The van der Waals surface area contributed by atoms with E-state index in [1.165, 1.54) is 0 Å². The van der Waals surface area contributed by atoms with Gasteiger partial charge in [-0.05, 0) is 79.5 Å². The Morgan fingerprint density at radius 3 is 2.18 bits per heavy atom. The lowest BCUT2D eigenvalue weighted by Gasteiger charge is -2.33. The number of hydrogen-bond acceptors (Lipinski definition) is 14. The van der Waals surface area contributed by atoms with Crippen LogP contribution < -0.4 is 21.4 Å². The molecule has 0 spiro atoms. The van der Waals surface area contributed by atoms with Gasteiger partial charge in [-0.2, -0.15) is 0 Å². The zero-order valence-corrected chi connectivity index (χ0v) is 47.2. The Morgan fingerprint density at radius 2 is 1.44 bits per heavy atom. The van der Waals surface area contributed by atoms with Crippen molar-refractivity contribution >= 4 is 52.2 Å². The fourth-order valence-electron chi connectivity index (χ4n) is 11.5. The number of fused-ring (bicyclic) bond motifs is 2. The molecule has 4 aliphatic rings. The lowest BCUT2D eigenvalue weighted by Crippen LogP contribution is -2.54. The highest BCUT2D eigenvalue weighted by Gasteiger charge is 2.45. The highest BCUT2D eigenvalue weighted by Crippen LogP contribution is 2.40. The summed E-state index contributed by atoms with van der Waals surface area (Å²) in [5.74, 6) is 4.46. The van der Waals surface area contributed by atoms with Crippen LogP contribution in [0.2, 0.25) is 0 Å². The topological polar surface area (TPSA) is 243 Å². The van der Waals surface area contributed by atoms with Crippen molar-refractivity contribution in [2.24, 2.45) is 0 Å². The maximum absolute atomic E-state index is 13.3. The molecule has 1 unspecified atom stereocenters. The quantitative estimate of drug-likeness (QED) is 0.0285. The Balaban J connectivity index is 0.601. The van der Waals surface area contributed by atoms with E-state index in [4.69, 9.17) is 19.2 Å². The van der Waals surface area contributed by atoms with Crippen molar-refractivity contribution in [3.05, 3.63) is 137 Å². The number of carbonyl (C=O) groups excluding carboxylic acids is 6. The number of aliphatic hydroxyl groups is 1. The minimum absolute atomic E-state index is 0.0478. The highest BCUT2D eigenvalue weighted by molar-refractivity contribution is 6.25. The summed E-state index contributed by atoms with van der Waals surface area (Å²) >= 11 is 0. The van der Waals surface area contributed by atoms with Crippen molar-refractivity contribution in [2.75, 3.05) is 90.8 Å². The van der Waals surface area contributed by atoms with Crippen LogP contribution in [0.15, 0.2) is 109 Å². The molecule has 3 aliphatic heterocycles. The predicted octanol–water partition coefficient (Wildman–Crippen LogP) is 5.52. The first-order valence-corrected chi connectivity index (χ1v) is 29.2. The Morgan fingerprint density at radius 1 is 0.738 bits per heavy atom. The van der Waals surface area contributed by atoms with Crippen molar-refractivity contribution in [1.29, 1.82) is 5.41 Å². The van der Waals surface area contributed by atoms with Gasteiger partial charge in [0.15, 0.2) is 0 Å². The molecular formula is C64H72N10O10. The average molecular weight is 1140 g/mol. The van der Waals surface area contributed by atoms with Gasteiger partial charge in [0.2, 0.25) is 23.6 Å². The van der Waals surface area contributed by atoms with Crippen LogP contribution in [0.25, 0.3) is 33.4 Å². The number of benzene rings is 4. The van der Waals surface area contributed by atoms with E-state index in [0.29, 0.717) is 109 Å². The minimum Gasteiger partial charge on any atom is -0.393 e. The van der Waals surface area contributed by atoms with Crippen LogP contribution in [0.5, 0.6) is 0 Å². The maximum Gasteiger partial charge on any atom is 0.264 e. The minimum atomic E-state index is -1.04. The number of amides is 6. The number of ether oxygens (including phenoxy) is 3. The van der Waals surface area contributed by atoms with Gasteiger partial charge in [-0.15, -0.1) is 0 Å². The van der Waals surface area contributed by atoms with Crippen molar-refractivity contribution in [3.63, 3.8) is 0 Å². The zero-order chi connectivity index (χ0) is 58.4. The number of imide groups is 2. The molecule has 1 aliphatic carbocycles. The first-order valence-electron chi connectivity index (χ1n) is 29.2. The fraction of sp³-hybridized carbons (Fsp3) is 0.406. The zero-order valence-electron chi connectivity index (χ0n) is 47.2. The van der Waals surface area contributed by atoms with Crippen molar-refractivity contribution < 1.29 is 48.1 Å². The number of aliphatic hydroxyl groups excluding tert-OH is 1. The van der Waals surface area contributed by atoms with Gasteiger partial charge >= 0.3 is 0 Å². The number of anilines is 1.